The number of piperidine rings is 1. The van der Waals surface area contributed by atoms with Crippen LogP contribution in [-0.2, 0) is 42.8 Å². The van der Waals surface area contributed by atoms with Gasteiger partial charge in [0.25, 0.3) is 5.56 Å². The van der Waals surface area contributed by atoms with Crippen LogP contribution in [0.1, 0.15) is 52.6 Å². The maximum Gasteiger partial charge on any atom is 0.416 e. The number of hydrogen-bond donors (Lipinski definition) is 1. The van der Waals surface area contributed by atoms with E-state index in [4.69, 9.17) is 14.9 Å². The molecule has 2 aliphatic rings. The van der Waals surface area contributed by atoms with Crippen molar-refractivity contribution in [3.63, 3.8) is 0 Å². The molecule has 4 aromatic rings. The average molecular weight is 677 g/mol. The Morgan fingerprint density at radius 3 is 2.34 bits per heavy atom. The van der Waals surface area contributed by atoms with E-state index in [-0.39, 0.29) is 24.4 Å². The summed E-state index contributed by atoms with van der Waals surface area (Å²) in [5.74, 6) is -0.345. The molecule has 2 aromatic heterocycles. The maximum atomic E-state index is 15.0. The summed E-state index contributed by atoms with van der Waals surface area (Å²) in [5, 5.41) is 0. The molecular weight excluding hydrogens is 648 g/mol. The quantitative estimate of drug-likeness (QED) is 0.267. The lowest BCUT2D eigenvalue weighted by atomic mass is 9.85. The maximum absolute atomic E-state index is 15.0. The van der Waals surface area contributed by atoms with E-state index in [1.165, 1.54) is 0 Å². The van der Waals surface area contributed by atoms with Gasteiger partial charge in [-0.15, -0.1) is 0 Å². The molecule has 0 radical (unpaired) electrons. The molecule has 2 aromatic carbocycles. The van der Waals surface area contributed by atoms with Gasteiger partial charge in [-0.25, -0.2) is 9.18 Å². The fourth-order valence-corrected chi connectivity index (χ4v) is 6.56. The molecule has 13 heteroatoms. The van der Waals surface area contributed by atoms with Gasteiger partial charge in [-0.1, -0.05) is 36.4 Å². The number of halogens is 5. The Morgan fingerprint density at radius 2 is 1.68 bits per heavy atom. The van der Waals surface area contributed by atoms with Crippen molar-refractivity contribution in [3.8, 4) is 0 Å². The monoisotopic (exact) mass is 676 g/mol. The van der Waals surface area contributed by atoms with Gasteiger partial charge in [-0.3, -0.25) is 18.8 Å². The van der Waals surface area contributed by atoms with Crippen molar-refractivity contribution >= 4 is 15.9 Å². The van der Waals surface area contributed by atoms with Crippen LogP contribution >= 0.6 is 15.9 Å². The van der Waals surface area contributed by atoms with E-state index >= 15 is 0 Å². The van der Waals surface area contributed by atoms with Crippen molar-refractivity contribution in [3.05, 3.63) is 126 Å². The number of hydrogen-bond acceptors (Lipinski definition) is 6. The Balaban J connectivity index is 1.43. The zero-order valence-corrected chi connectivity index (χ0v) is 25.0. The molecule has 1 unspecified atom stereocenters. The zero-order chi connectivity index (χ0) is 31.2. The summed E-state index contributed by atoms with van der Waals surface area (Å²) in [7, 11) is 0. The molecule has 1 spiro atoms. The average Bonchev–Trinajstić information content (AvgIpc) is 3.58. The van der Waals surface area contributed by atoms with Crippen LogP contribution in [0.2, 0.25) is 0 Å². The molecule has 1 atom stereocenters. The van der Waals surface area contributed by atoms with Crippen LogP contribution < -0.4 is 17.0 Å². The minimum atomic E-state index is -4.86. The summed E-state index contributed by atoms with van der Waals surface area (Å²) in [4.78, 5) is 30.2. The highest BCUT2D eigenvalue weighted by molar-refractivity contribution is 9.10. The number of alkyl halides is 3. The van der Waals surface area contributed by atoms with Gasteiger partial charge in [0, 0.05) is 24.7 Å². The lowest BCUT2D eigenvalue weighted by Crippen LogP contribution is -2.49. The number of furan rings is 1. The van der Waals surface area contributed by atoms with Crippen molar-refractivity contribution in [2.75, 3.05) is 13.1 Å². The smallest absolute Gasteiger partial charge is 0.416 e. The summed E-state index contributed by atoms with van der Waals surface area (Å²) in [6.07, 6.45) is -4.07. The molecule has 6 rings (SSSR count). The van der Waals surface area contributed by atoms with Crippen molar-refractivity contribution in [2.24, 2.45) is 5.73 Å². The molecule has 0 amide bonds. The van der Waals surface area contributed by atoms with Crippen molar-refractivity contribution in [1.29, 1.82) is 0 Å². The number of fused-ring (bicyclic) bond motifs is 2. The Hall–Kier alpha value is -3.52. The minimum absolute atomic E-state index is 0.157. The molecule has 1 fully saturated rings. The van der Waals surface area contributed by atoms with Crippen LogP contribution in [0.3, 0.4) is 0 Å². The van der Waals surface area contributed by atoms with Crippen LogP contribution in [0.25, 0.3) is 0 Å². The summed E-state index contributed by atoms with van der Waals surface area (Å²) in [6, 6.07) is 14.4. The van der Waals surface area contributed by atoms with Crippen molar-refractivity contribution in [2.45, 2.75) is 56.9 Å². The second kappa shape index (κ2) is 11.8. The first kappa shape index (κ1) is 30.5. The van der Waals surface area contributed by atoms with E-state index < -0.39 is 52.6 Å². The highest BCUT2D eigenvalue weighted by Crippen LogP contribution is 2.43. The predicted octanol–water partition coefficient (Wildman–Crippen LogP) is 5.29. The van der Waals surface area contributed by atoms with Crippen molar-refractivity contribution in [1.82, 2.24) is 14.0 Å². The molecule has 0 saturated carbocycles. The number of aromatic nitrogens is 2. The molecular formula is C31H29BrF4N4O4. The molecule has 44 heavy (non-hydrogen) atoms. The molecule has 1 saturated heterocycles. The summed E-state index contributed by atoms with van der Waals surface area (Å²) in [6.45, 7) is 0.469. The first-order chi connectivity index (χ1) is 21.0. The lowest BCUT2D eigenvalue weighted by molar-refractivity contribution is -0.138. The summed E-state index contributed by atoms with van der Waals surface area (Å²) < 4.78 is 71.3. The van der Waals surface area contributed by atoms with Gasteiger partial charge in [0.15, 0.2) is 4.67 Å². The molecule has 232 valence electrons. The first-order valence-electron chi connectivity index (χ1n) is 14.1. The molecule has 0 aliphatic carbocycles. The standard InChI is InChI=1S/C31H29BrF4N4O4/c32-26-10-9-20(44-26)15-38-13-11-30(12-14-38)27-25(18-43-30)39(16-21-22(31(34,35)36)7-4-8-23(21)33)29(42)40(28(27)41)17-24(37)19-5-2-1-3-6-19/h1-10,24H,11-18,37H2. The molecule has 2 N–H and O–H groups in total. The topological polar surface area (TPSA) is 95.6 Å². The Labute approximate surface area is 257 Å². The van der Waals surface area contributed by atoms with Gasteiger partial charge < -0.3 is 14.9 Å². The Bertz CT molecular complexity index is 1790. The van der Waals surface area contributed by atoms with E-state index in [0.717, 1.165) is 33.1 Å². The molecule has 2 aliphatic heterocycles. The van der Waals surface area contributed by atoms with Gasteiger partial charge in [0.2, 0.25) is 0 Å². The third-order valence-corrected chi connectivity index (χ3v) is 8.92. The van der Waals surface area contributed by atoms with E-state index in [0.29, 0.717) is 42.7 Å². The van der Waals surface area contributed by atoms with Crippen LogP contribution in [0, 0.1) is 5.82 Å². The van der Waals surface area contributed by atoms with Crippen LogP contribution in [-0.4, -0.2) is 27.1 Å². The Morgan fingerprint density at radius 1 is 0.955 bits per heavy atom. The lowest BCUT2D eigenvalue weighted by Gasteiger charge is -2.38. The minimum Gasteiger partial charge on any atom is -0.453 e. The van der Waals surface area contributed by atoms with Gasteiger partial charge in [-0.2, -0.15) is 13.2 Å². The van der Waals surface area contributed by atoms with Crippen LogP contribution in [0.4, 0.5) is 17.6 Å². The molecule has 8 nitrogen and oxygen atoms in total. The van der Waals surface area contributed by atoms with E-state index in [9.17, 15) is 27.2 Å². The SMILES string of the molecule is NC(Cn1c(=O)c2c(n(Cc3c(F)cccc3C(F)(F)F)c1=O)COC21CCN(Cc2ccc(Br)o2)CC1)c1ccccc1. The number of ether oxygens (including phenoxy) is 1. The largest absolute Gasteiger partial charge is 0.453 e. The second-order valence-electron chi connectivity index (χ2n) is 11.2. The molecule has 0 bridgehead atoms. The zero-order valence-electron chi connectivity index (χ0n) is 23.4. The second-order valence-corrected chi connectivity index (χ2v) is 11.9. The highest BCUT2D eigenvalue weighted by atomic mass is 79.9. The summed E-state index contributed by atoms with van der Waals surface area (Å²) in [5.41, 5.74) is 3.03. The van der Waals surface area contributed by atoms with Gasteiger partial charge >= 0.3 is 11.9 Å². The van der Waals surface area contributed by atoms with Crippen molar-refractivity contribution < 1.29 is 26.7 Å². The van der Waals surface area contributed by atoms with E-state index in [1.54, 1.807) is 36.4 Å². The number of nitrogens with zero attached hydrogens (tertiary/aromatic N) is 3. The predicted molar refractivity (Wildman–Crippen MR) is 156 cm³/mol. The number of benzene rings is 2. The van der Waals surface area contributed by atoms with Gasteiger partial charge in [0.05, 0.1) is 43.1 Å². The fourth-order valence-electron chi connectivity index (χ4n) is 6.22. The molecule has 4 heterocycles. The van der Waals surface area contributed by atoms with E-state index in [2.05, 4.69) is 20.8 Å². The summed E-state index contributed by atoms with van der Waals surface area (Å²) >= 11 is 3.30. The van der Waals surface area contributed by atoms with E-state index in [1.807, 2.05) is 6.07 Å². The third-order valence-electron chi connectivity index (χ3n) is 8.50. The van der Waals surface area contributed by atoms with Crippen LogP contribution in [0.15, 0.2) is 79.3 Å². The first-order valence-corrected chi connectivity index (χ1v) is 14.9. The normalized spacial score (nSPS) is 17.2. The fraction of sp³-hybridized carbons (Fsp3) is 0.355. The number of nitrogens with two attached hydrogens (primary N) is 1. The highest BCUT2D eigenvalue weighted by Gasteiger charge is 2.47. The third kappa shape index (κ3) is 5.69. The van der Waals surface area contributed by atoms with Gasteiger partial charge in [-0.05, 0) is 58.6 Å². The number of rotatable bonds is 7. The Kier molecular flexibility index (Phi) is 8.16. The van der Waals surface area contributed by atoms with Crippen LogP contribution in [0.5, 0.6) is 0 Å². The number of likely N-dealkylation sites (tertiary alicyclic amines) is 1. The van der Waals surface area contributed by atoms with Gasteiger partial charge in [0.1, 0.15) is 17.2 Å².